The summed E-state index contributed by atoms with van der Waals surface area (Å²) in [5, 5.41) is 3.77. The van der Waals surface area contributed by atoms with Gasteiger partial charge in [0.1, 0.15) is 0 Å². The van der Waals surface area contributed by atoms with E-state index in [1.165, 1.54) is 90.1 Å². The van der Waals surface area contributed by atoms with Gasteiger partial charge in [-0.1, -0.05) is 39.0 Å². The number of nitrogens with zero attached hydrogens (tertiary/aromatic N) is 1. The highest BCUT2D eigenvalue weighted by molar-refractivity contribution is 4.92. The summed E-state index contributed by atoms with van der Waals surface area (Å²) in [6.45, 7) is 4.95. The van der Waals surface area contributed by atoms with E-state index in [9.17, 15) is 0 Å². The van der Waals surface area contributed by atoms with Gasteiger partial charge in [0.2, 0.25) is 0 Å². The lowest BCUT2D eigenvalue weighted by atomic mass is 9.95. The Balaban J connectivity index is 1.53. The fraction of sp³-hybridized carbons (Fsp3) is 1.00. The molecule has 1 saturated heterocycles. The Kier molecular flexibility index (Phi) is 5.99. The van der Waals surface area contributed by atoms with Crippen molar-refractivity contribution in [2.45, 2.75) is 102 Å². The fourth-order valence-electron chi connectivity index (χ4n) is 4.72. The number of piperidine rings is 1. The van der Waals surface area contributed by atoms with E-state index in [1.54, 1.807) is 0 Å². The topological polar surface area (TPSA) is 15.3 Å². The van der Waals surface area contributed by atoms with Crippen LogP contribution in [0.25, 0.3) is 0 Å². The first-order valence-electron chi connectivity index (χ1n) is 9.86. The maximum Gasteiger partial charge on any atom is 0.0195 e. The first-order chi connectivity index (χ1) is 10.4. The molecule has 0 amide bonds. The van der Waals surface area contributed by atoms with Crippen LogP contribution in [-0.4, -0.2) is 36.1 Å². The Labute approximate surface area is 132 Å². The first-order valence-corrected chi connectivity index (χ1v) is 9.86. The lowest BCUT2D eigenvalue weighted by Gasteiger charge is -2.36. The third-order valence-corrected chi connectivity index (χ3v) is 6.08. The zero-order valence-electron chi connectivity index (χ0n) is 14.2. The summed E-state index contributed by atoms with van der Waals surface area (Å²) in [4.78, 5) is 2.94. The van der Waals surface area contributed by atoms with Gasteiger partial charge in [-0.05, 0) is 57.4 Å². The molecule has 0 aromatic carbocycles. The molecular weight excluding hydrogens is 256 g/mol. The van der Waals surface area contributed by atoms with Crippen LogP contribution in [0, 0.1) is 5.92 Å². The van der Waals surface area contributed by atoms with Crippen LogP contribution in [0.3, 0.4) is 0 Å². The van der Waals surface area contributed by atoms with Crippen molar-refractivity contribution in [3.05, 3.63) is 0 Å². The second kappa shape index (κ2) is 7.97. The zero-order chi connectivity index (χ0) is 14.5. The third-order valence-electron chi connectivity index (χ3n) is 6.08. The predicted octanol–water partition coefficient (Wildman–Crippen LogP) is 4.34. The van der Waals surface area contributed by atoms with Crippen molar-refractivity contribution in [2.24, 2.45) is 5.92 Å². The third kappa shape index (κ3) is 4.69. The molecule has 3 unspecified atom stereocenters. The minimum Gasteiger partial charge on any atom is -0.313 e. The highest BCUT2D eigenvalue weighted by Crippen LogP contribution is 2.35. The van der Waals surface area contributed by atoms with Crippen LogP contribution in [0.5, 0.6) is 0 Å². The summed E-state index contributed by atoms with van der Waals surface area (Å²) in [6.07, 6.45) is 17.5. The average molecular weight is 293 g/mol. The first kappa shape index (κ1) is 15.8. The normalized spacial score (nSPS) is 34.9. The van der Waals surface area contributed by atoms with Crippen molar-refractivity contribution in [1.29, 1.82) is 0 Å². The smallest absolute Gasteiger partial charge is 0.0195 e. The molecule has 2 saturated carbocycles. The SMILES string of the molecule is CCCC1CCCC(N(CC2CCCCN2)C2CC2)CC1. The van der Waals surface area contributed by atoms with E-state index < -0.39 is 0 Å². The van der Waals surface area contributed by atoms with E-state index in [0.717, 1.165) is 24.0 Å². The van der Waals surface area contributed by atoms with Crippen LogP contribution in [0.15, 0.2) is 0 Å². The molecule has 0 aromatic heterocycles. The molecule has 1 N–H and O–H groups in total. The molecule has 2 heteroatoms. The predicted molar refractivity (Wildman–Crippen MR) is 90.6 cm³/mol. The van der Waals surface area contributed by atoms with Gasteiger partial charge in [-0.2, -0.15) is 0 Å². The minimum atomic E-state index is 0.786. The van der Waals surface area contributed by atoms with E-state index in [2.05, 4.69) is 17.1 Å². The van der Waals surface area contributed by atoms with Gasteiger partial charge in [0.05, 0.1) is 0 Å². The Morgan fingerprint density at radius 1 is 0.857 bits per heavy atom. The van der Waals surface area contributed by atoms with Gasteiger partial charge >= 0.3 is 0 Å². The molecule has 0 spiro atoms. The van der Waals surface area contributed by atoms with Crippen LogP contribution < -0.4 is 5.32 Å². The second-order valence-electron chi connectivity index (χ2n) is 7.89. The minimum absolute atomic E-state index is 0.786. The monoisotopic (exact) mass is 292 g/mol. The zero-order valence-corrected chi connectivity index (χ0v) is 14.2. The molecule has 122 valence electrons. The molecule has 3 fully saturated rings. The van der Waals surface area contributed by atoms with Gasteiger partial charge in [-0.25, -0.2) is 0 Å². The van der Waals surface area contributed by atoms with Crippen LogP contribution in [0.2, 0.25) is 0 Å². The van der Waals surface area contributed by atoms with Gasteiger partial charge in [-0.3, -0.25) is 4.90 Å². The summed E-state index contributed by atoms with van der Waals surface area (Å²) in [7, 11) is 0. The highest BCUT2D eigenvalue weighted by Gasteiger charge is 2.36. The fourth-order valence-corrected chi connectivity index (χ4v) is 4.72. The Hall–Kier alpha value is -0.0800. The maximum atomic E-state index is 3.77. The van der Waals surface area contributed by atoms with Crippen LogP contribution in [0.1, 0.15) is 84.0 Å². The molecule has 3 aliphatic rings. The van der Waals surface area contributed by atoms with Crippen molar-refractivity contribution >= 4 is 0 Å². The van der Waals surface area contributed by atoms with E-state index in [4.69, 9.17) is 0 Å². The highest BCUT2D eigenvalue weighted by atomic mass is 15.2. The summed E-state index contributed by atoms with van der Waals surface area (Å²) in [5.74, 6) is 1.04. The standard InChI is InChI=1S/C19H36N2/c1-2-6-16-7-5-9-18(11-10-16)21(19-12-13-19)15-17-8-3-4-14-20-17/h16-20H,2-15H2,1H3. The molecule has 3 atom stereocenters. The van der Waals surface area contributed by atoms with E-state index in [0.29, 0.717) is 0 Å². The Morgan fingerprint density at radius 3 is 2.38 bits per heavy atom. The lowest BCUT2D eigenvalue weighted by molar-refractivity contribution is 0.142. The van der Waals surface area contributed by atoms with Gasteiger partial charge in [0.15, 0.2) is 0 Å². The van der Waals surface area contributed by atoms with Crippen LogP contribution in [-0.2, 0) is 0 Å². The van der Waals surface area contributed by atoms with Crippen molar-refractivity contribution in [2.75, 3.05) is 13.1 Å². The van der Waals surface area contributed by atoms with E-state index >= 15 is 0 Å². The van der Waals surface area contributed by atoms with Crippen molar-refractivity contribution in [3.8, 4) is 0 Å². The van der Waals surface area contributed by atoms with E-state index in [-0.39, 0.29) is 0 Å². The summed E-state index contributed by atoms with van der Waals surface area (Å²) < 4.78 is 0. The molecule has 0 aromatic rings. The number of hydrogen-bond donors (Lipinski definition) is 1. The Morgan fingerprint density at radius 2 is 1.67 bits per heavy atom. The molecule has 0 bridgehead atoms. The Bertz CT molecular complexity index is 294. The maximum absolute atomic E-state index is 3.77. The van der Waals surface area contributed by atoms with Gasteiger partial charge < -0.3 is 5.32 Å². The quantitative estimate of drug-likeness (QED) is 0.733. The number of nitrogens with one attached hydrogen (secondary N) is 1. The summed E-state index contributed by atoms with van der Waals surface area (Å²) in [6, 6.07) is 2.64. The van der Waals surface area contributed by atoms with E-state index in [1.807, 2.05) is 0 Å². The average Bonchev–Trinajstić information content (AvgIpc) is 3.34. The molecule has 2 aliphatic carbocycles. The molecule has 3 rings (SSSR count). The van der Waals surface area contributed by atoms with Crippen LogP contribution in [0.4, 0.5) is 0 Å². The largest absolute Gasteiger partial charge is 0.313 e. The molecular formula is C19H36N2. The summed E-state index contributed by atoms with van der Waals surface area (Å²) >= 11 is 0. The van der Waals surface area contributed by atoms with Crippen LogP contribution >= 0.6 is 0 Å². The molecule has 0 radical (unpaired) electrons. The van der Waals surface area contributed by atoms with Crippen molar-refractivity contribution < 1.29 is 0 Å². The van der Waals surface area contributed by atoms with Crippen molar-refractivity contribution in [1.82, 2.24) is 10.2 Å². The van der Waals surface area contributed by atoms with Crippen molar-refractivity contribution in [3.63, 3.8) is 0 Å². The van der Waals surface area contributed by atoms with Gasteiger partial charge in [0, 0.05) is 24.7 Å². The molecule has 1 heterocycles. The number of rotatable bonds is 6. The van der Waals surface area contributed by atoms with Gasteiger partial charge in [-0.15, -0.1) is 0 Å². The molecule has 21 heavy (non-hydrogen) atoms. The van der Waals surface area contributed by atoms with Gasteiger partial charge in [0.25, 0.3) is 0 Å². The molecule has 2 nitrogen and oxygen atoms in total. The number of hydrogen-bond acceptors (Lipinski definition) is 2. The summed E-state index contributed by atoms with van der Waals surface area (Å²) in [5.41, 5.74) is 0. The molecule has 1 aliphatic heterocycles. The lowest BCUT2D eigenvalue weighted by Crippen LogP contribution is -2.48. The second-order valence-corrected chi connectivity index (χ2v) is 7.89.